The van der Waals surface area contributed by atoms with Gasteiger partial charge in [0, 0.05) is 5.57 Å². The molecular formula is C10H7F11O2. The van der Waals surface area contributed by atoms with E-state index in [9.17, 15) is 53.1 Å². The monoisotopic (exact) mass is 368 g/mol. The largest absolute Gasteiger partial charge is 0.478 e. The van der Waals surface area contributed by atoms with E-state index < -0.39 is 53.9 Å². The molecule has 1 N–H and O–H groups in total. The van der Waals surface area contributed by atoms with Gasteiger partial charge in [-0.25, -0.2) is 13.6 Å². The first-order valence-electron chi connectivity index (χ1n) is 5.30. The molecule has 0 aliphatic carbocycles. The SMILES string of the molecule is CC(=CC(F)C(F)(F)C(F)(F)C(F)(F)C(F)C(F)(F)F)C(=O)O. The molecule has 0 saturated carbocycles. The van der Waals surface area contributed by atoms with Gasteiger partial charge in [0.05, 0.1) is 0 Å². The summed E-state index contributed by atoms with van der Waals surface area (Å²) >= 11 is 0. The molecule has 0 aromatic carbocycles. The van der Waals surface area contributed by atoms with Crippen LogP contribution < -0.4 is 0 Å². The van der Waals surface area contributed by atoms with Crippen LogP contribution in [0.4, 0.5) is 48.3 Å². The highest BCUT2D eigenvalue weighted by atomic mass is 19.4. The maximum atomic E-state index is 13.1. The van der Waals surface area contributed by atoms with Gasteiger partial charge in [-0.2, -0.15) is 39.5 Å². The number of halogens is 11. The van der Waals surface area contributed by atoms with E-state index in [1.54, 1.807) is 0 Å². The van der Waals surface area contributed by atoms with E-state index >= 15 is 0 Å². The lowest BCUT2D eigenvalue weighted by molar-refractivity contribution is -0.362. The van der Waals surface area contributed by atoms with Gasteiger partial charge in [0.25, 0.3) is 6.17 Å². The number of allylic oxidation sites excluding steroid dienone is 1. The number of aliphatic carboxylic acids is 1. The zero-order chi connectivity index (χ0) is 19.0. The lowest BCUT2D eigenvalue weighted by Crippen LogP contribution is -2.63. The summed E-state index contributed by atoms with van der Waals surface area (Å²) in [5.41, 5.74) is -1.32. The molecule has 0 bridgehead atoms. The Labute approximate surface area is 120 Å². The van der Waals surface area contributed by atoms with Crippen molar-refractivity contribution in [3.05, 3.63) is 11.6 Å². The Balaban J connectivity index is 5.87. The van der Waals surface area contributed by atoms with Crippen molar-refractivity contribution in [2.75, 3.05) is 0 Å². The van der Waals surface area contributed by atoms with Gasteiger partial charge >= 0.3 is 29.9 Å². The van der Waals surface area contributed by atoms with Gasteiger partial charge in [-0.05, 0) is 13.0 Å². The third-order valence-electron chi connectivity index (χ3n) is 2.52. The molecular weight excluding hydrogens is 361 g/mol. The topological polar surface area (TPSA) is 37.3 Å². The Hall–Kier alpha value is -1.56. The van der Waals surface area contributed by atoms with Crippen LogP contribution in [0, 0.1) is 0 Å². The maximum absolute atomic E-state index is 13.1. The number of alkyl halides is 11. The van der Waals surface area contributed by atoms with Crippen LogP contribution >= 0.6 is 0 Å². The summed E-state index contributed by atoms with van der Waals surface area (Å²) in [4.78, 5) is 10.2. The molecule has 0 amide bonds. The van der Waals surface area contributed by atoms with Gasteiger partial charge in [0.15, 0.2) is 6.17 Å². The quantitative estimate of drug-likeness (QED) is 0.565. The van der Waals surface area contributed by atoms with Crippen molar-refractivity contribution in [1.29, 1.82) is 0 Å². The number of rotatable bonds is 6. The van der Waals surface area contributed by atoms with Gasteiger partial charge in [-0.1, -0.05) is 0 Å². The first kappa shape index (κ1) is 21.4. The second-order valence-corrected chi connectivity index (χ2v) is 4.28. The maximum Gasteiger partial charge on any atom is 0.425 e. The Morgan fingerprint density at radius 1 is 0.913 bits per heavy atom. The molecule has 0 aromatic rings. The van der Waals surface area contributed by atoms with Crippen LogP contribution in [0.2, 0.25) is 0 Å². The lowest BCUT2D eigenvalue weighted by Gasteiger charge is -2.35. The van der Waals surface area contributed by atoms with Crippen molar-refractivity contribution in [2.45, 2.75) is 43.2 Å². The minimum atomic E-state index is -7.11. The molecule has 0 aliphatic heterocycles. The summed E-state index contributed by atoms with van der Waals surface area (Å²) in [6.07, 6.45) is -17.5. The Morgan fingerprint density at radius 2 is 1.30 bits per heavy atom. The molecule has 136 valence electrons. The van der Waals surface area contributed by atoms with E-state index in [-0.39, 0.29) is 0 Å². The Bertz CT molecular complexity index is 480. The number of carbonyl (C=O) groups is 1. The first-order chi connectivity index (χ1) is 9.90. The second-order valence-electron chi connectivity index (χ2n) is 4.28. The van der Waals surface area contributed by atoms with Gasteiger partial charge in [-0.15, -0.1) is 0 Å². The van der Waals surface area contributed by atoms with Crippen LogP contribution in [0.3, 0.4) is 0 Å². The van der Waals surface area contributed by atoms with E-state index in [1.165, 1.54) is 0 Å². The molecule has 0 fully saturated rings. The molecule has 0 spiro atoms. The summed E-state index contributed by atoms with van der Waals surface area (Å²) in [6, 6.07) is 0. The number of carboxylic acid groups (broad SMARTS) is 1. The third kappa shape index (κ3) is 3.86. The van der Waals surface area contributed by atoms with Gasteiger partial charge in [-0.3, -0.25) is 0 Å². The van der Waals surface area contributed by atoms with E-state index in [0.29, 0.717) is 6.92 Å². The fourth-order valence-electron chi connectivity index (χ4n) is 1.16. The van der Waals surface area contributed by atoms with Crippen LogP contribution in [0.25, 0.3) is 0 Å². The molecule has 0 rings (SSSR count). The average molecular weight is 368 g/mol. The smallest absolute Gasteiger partial charge is 0.425 e. The van der Waals surface area contributed by atoms with Gasteiger partial charge < -0.3 is 5.11 Å². The highest BCUT2D eigenvalue weighted by molar-refractivity contribution is 5.85. The summed E-state index contributed by atoms with van der Waals surface area (Å²) in [6.45, 7) is 0.426. The van der Waals surface area contributed by atoms with Crippen molar-refractivity contribution in [2.24, 2.45) is 0 Å². The lowest BCUT2D eigenvalue weighted by atomic mass is 9.95. The van der Waals surface area contributed by atoms with Gasteiger partial charge in [0.1, 0.15) is 0 Å². The average Bonchev–Trinajstić information content (AvgIpc) is 2.35. The van der Waals surface area contributed by atoms with Crippen LogP contribution in [-0.2, 0) is 4.79 Å². The molecule has 2 unspecified atom stereocenters. The standard InChI is InChI=1S/C10H7F11O2/c1-3(5(22)23)2-4(11)7(13,14)10(20,21)8(15,16)6(12)9(17,18)19/h2,4,6H,1H3,(H,22,23). The van der Waals surface area contributed by atoms with Gasteiger partial charge in [0.2, 0.25) is 0 Å². The predicted octanol–water partition coefficient (Wildman–Crippen LogP) is 4.16. The van der Waals surface area contributed by atoms with E-state index in [1.807, 2.05) is 0 Å². The Morgan fingerprint density at radius 3 is 1.61 bits per heavy atom. The van der Waals surface area contributed by atoms with Crippen LogP contribution in [0.5, 0.6) is 0 Å². The van der Waals surface area contributed by atoms with Crippen LogP contribution in [-0.4, -0.2) is 47.4 Å². The minimum Gasteiger partial charge on any atom is -0.478 e. The minimum absolute atomic E-state index is 0.426. The molecule has 2 atom stereocenters. The molecule has 2 nitrogen and oxygen atoms in total. The molecule has 0 heterocycles. The zero-order valence-electron chi connectivity index (χ0n) is 10.7. The molecule has 0 aromatic heterocycles. The summed E-state index contributed by atoms with van der Waals surface area (Å²) in [5, 5.41) is 8.23. The van der Waals surface area contributed by atoms with E-state index in [4.69, 9.17) is 5.11 Å². The van der Waals surface area contributed by atoms with Crippen molar-refractivity contribution < 1.29 is 58.2 Å². The van der Waals surface area contributed by atoms with Crippen molar-refractivity contribution in [3.8, 4) is 0 Å². The normalized spacial score (nSPS) is 17.8. The van der Waals surface area contributed by atoms with E-state index in [2.05, 4.69) is 0 Å². The second kappa shape index (κ2) is 6.15. The van der Waals surface area contributed by atoms with Crippen LogP contribution in [0.1, 0.15) is 6.92 Å². The van der Waals surface area contributed by atoms with Crippen molar-refractivity contribution >= 4 is 5.97 Å². The molecule has 13 heteroatoms. The molecule has 0 aliphatic rings. The summed E-state index contributed by atoms with van der Waals surface area (Å²) < 4.78 is 139. The first-order valence-corrected chi connectivity index (χ1v) is 5.30. The number of hydrogen-bond donors (Lipinski definition) is 1. The van der Waals surface area contributed by atoms with E-state index in [0.717, 1.165) is 0 Å². The zero-order valence-corrected chi connectivity index (χ0v) is 10.7. The molecule has 0 radical (unpaired) electrons. The Kier molecular flexibility index (Phi) is 5.73. The van der Waals surface area contributed by atoms with Crippen LogP contribution in [0.15, 0.2) is 11.6 Å². The highest BCUT2D eigenvalue weighted by Gasteiger charge is 2.80. The highest BCUT2D eigenvalue weighted by Crippen LogP contribution is 2.53. The van der Waals surface area contributed by atoms with Crippen molar-refractivity contribution in [1.82, 2.24) is 0 Å². The number of carboxylic acids is 1. The fourth-order valence-corrected chi connectivity index (χ4v) is 1.16. The summed E-state index contributed by atoms with van der Waals surface area (Å²) in [5.74, 6) is -22.7. The third-order valence-corrected chi connectivity index (χ3v) is 2.52. The molecule has 23 heavy (non-hydrogen) atoms. The molecule has 0 saturated heterocycles. The number of hydrogen-bond acceptors (Lipinski definition) is 1. The fraction of sp³-hybridized carbons (Fsp3) is 0.700. The summed E-state index contributed by atoms with van der Waals surface area (Å²) in [7, 11) is 0. The van der Waals surface area contributed by atoms with Crippen molar-refractivity contribution in [3.63, 3.8) is 0 Å². The predicted molar refractivity (Wildman–Crippen MR) is 52.1 cm³/mol.